The summed E-state index contributed by atoms with van der Waals surface area (Å²) in [5, 5.41) is 19.8. The molecule has 1 atom stereocenters. The molecule has 1 unspecified atom stereocenters. The number of imidazole rings is 1. The van der Waals surface area contributed by atoms with E-state index in [1.165, 1.54) is 6.33 Å². The number of hydrogen-bond donors (Lipinski definition) is 1. The van der Waals surface area contributed by atoms with Crippen molar-refractivity contribution in [2.24, 2.45) is 13.0 Å². The van der Waals surface area contributed by atoms with Crippen LogP contribution in [0.3, 0.4) is 0 Å². The van der Waals surface area contributed by atoms with Crippen molar-refractivity contribution >= 4 is 11.6 Å². The van der Waals surface area contributed by atoms with Crippen molar-refractivity contribution < 1.29 is 10.0 Å². The number of aromatic nitrogens is 2. The maximum absolute atomic E-state index is 10.9. The molecular weight excluding hydrogens is 224 g/mol. The third-order valence-electron chi connectivity index (χ3n) is 3.18. The van der Waals surface area contributed by atoms with Crippen LogP contribution in [0, 0.1) is 16.0 Å². The predicted octanol–water partition coefficient (Wildman–Crippen LogP) is 0.537. The van der Waals surface area contributed by atoms with Gasteiger partial charge in [-0.3, -0.25) is 4.57 Å². The molecule has 2 heterocycles. The number of hydrogen-bond acceptors (Lipinski definition) is 5. The highest BCUT2D eigenvalue weighted by molar-refractivity contribution is 5.55. The second-order valence-corrected chi connectivity index (χ2v) is 4.37. The molecule has 7 heteroatoms. The monoisotopic (exact) mass is 240 g/mol. The molecule has 0 saturated carbocycles. The molecule has 2 rings (SSSR count). The fraction of sp³-hybridized carbons (Fsp3) is 0.700. The summed E-state index contributed by atoms with van der Waals surface area (Å²) in [5.41, 5.74) is 0. The minimum atomic E-state index is -0.450. The molecule has 0 amide bonds. The Hall–Kier alpha value is -1.63. The predicted molar refractivity (Wildman–Crippen MR) is 61.9 cm³/mol. The molecular formula is C10H16N4O3. The number of aliphatic hydroxyl groups excluding tert-OH is 1. The zero-order valence-electron chi connectivity index (χ0n) is 9.74. The van der Waals surface area contributed by atoms with Gasteiger partial charge in [-0.15, -0.1) is 0 Å². The van der Waals surface area contributed by atoms with Crippen molar-refractivity contribution in [3.63, 3.8) is 0 Å². The Balaban J connectivity index is 2.18. The minimum absolute atomic E-state index is 0.0860. The summed E-state index contributed by atoms with van der Waals surface area (Å²) in [6.07, 6.45) is 3.18. The fourth-order valence-electron chi connectivity index (χ4n) is 2.35. The topological polar surface area (TPSA) is 84.4 Å². The van der Waals surface area contributed by atoms with E-state index >= 15 is 0 Å². The van der Waals surface area contributed by atoms with Crippen LogP contribution in [-0.4, -0.2) is 39.3 Å². The molecule has 0 bridgehead atoms. The van der Waals surface area contributed by atoms with Gasteiger partial charge in [-0.2, -0.15) is 0 Å². The van der Waals surface area contributed by atoms with Gasteiger partial charge in [0.15, 0.2) is 0 Å². The van der Waals surface area contributed by atoms with Gasteiger partial charge in [-0.1, -0.05) is 0 Å². The molecule has 1 aliphatic heterocycles. The van der Waals surface area contributed by atoms with Crippen LogP contribution in [0.4, 0.5) is 11.6 Å². The van der Waals surface area contributed by atoms with Gasteiger partial charge in [0.1, 0.15) is 0 Å². The average molecular weight is 240 g/mol. The Labute approximate surface area is 98.8 Å². The first-order valence-corrected chi connectivity index (χ1v) is 5.65. The molecule has 1 fully saturated rings. The first-order chi connectivity index (χ1) is 8.13. The van der Waals surface area contributed by atoms with Crippen molar-refractivity contribution in [2.75, 3.05) is 24.6 Å². The van der Waals surface area contributed by atoms with Gasteiger partial charge in [0.05, 0.1) is 0 Å². The quantitative estimate of drug-likeness (QED) is 0.613. The standard InChI is InChI=1S/C10H16N4O3/c1-12-7-11-9(14(16)17)10(12)13-4-2-8(6-13)3-5-15/h7-8,15H,2-6H2,1H3. The number of nitro groups is 1. The second kappa shape index (κ2) is 4.70. The maximum Gasteiger partial charge on any atom is 0.406 e. The van der Waals surface area contributed by atoms with Gasteiger partial charge in [0.2, 0.25) is 12.1 Å². The molecule has 17 heavy (non-hydrogen) atoms. The first-order valence-electron chi connectivity index (χ1n) is 5.65. The van der Waals surface area contributed by atoms with Crippen LogP contribution in [0.25, 0.3) is 0 Å². The number of rotatable bonds is 4. The van der Waals surface area contributed by atoms with E-state index in [0.29, 0.717) is 11.7 Å². The first kappa shape index (κ1) is 11.8. The van der Waals surface area contributed by atoms with Gasteiger partial charge < -0.3 is 20.1 Å². The molecule has 7 nitrogen and oxygen atoms in total. The molecule has 0 aliphatic carbocycles. The molecule has 94 valence electrons. The third kappa shape index (κ3) is 2.23. The van der Waals surface area contributed by atoms with E-state index in [9.17, 15) is 10.1 Å². The lowest BCUT2D eigenvalue weighted by atomic mass is 10.1. The Morgan fingerprint density at radius 1 is 1.71 bits per heavy atom. The van der Waals surface area contributed by atoms with E-state index < -0.39 is 4.92 Å². The molecule has 0 radical (unpaired) electrons. The lowest BCUT2D eigenvalue weighted by Gasteiger charge is -2.17. The van der Waals surface area contributed by atoms with Gasteiger partial charge in [-0.05, 0) is 28.7 Å². The van der Waals surface area contributed by atoms with Crippen LogP contribution >= 0.6 is 0 Å². The highest BCUT2D eigenvalue weighted by Crippen LogP contribution is 2.31. The third-order valence-corrected chi connectivity index (χ3v) is 3.18. The smallest absolute Gasteiger partial charge is 0.396 e. The van der Waals surface area contributed by atoms with E-state index in [1.54, 1.807) is 11.6 Å². The van der Waals surface area contributed by atoms with E-state index in [1.807, 2.05) is 4.90 Å². The SMILES string of the molecule is Cn1cnc([N+](=O)[O-])c1N1CCC(CCO)C1. The molecule has 1 aromatic heterocycles. The summed E-state index contributed by atoms with van der Waals surface area (Å²) in [4.78, 5) is 16.2. The fourth-order valence-corrected chi connectivity index (χ4v) is 2.35. The molecule has 0 spiro atoms. The molecule has 0 aromatic carbocycles. The zero-order valence-corrected chi connectivity index (χ0v) is 9.74. The van der Waals surface area contributed by atoms with E-state index in [2.05, 4.69) is 4.98 Å². The number of nitrogens with zero attached hydrogens (tertiary/aromatic N) is 4. The molecule has 1 saturated heterocycles. The Morgan fingerprint density at radius 2 is 2.47 bits per heavy atom. The second-order valence-electron chi connectivity index (χ2n) is 4.37. The summed E-state index contributed by atoms with van der Waals surface area (Å²) in [5.74, 6) is 0.891. The Bertz CT molecular complexity index is 418. The van der Waals surface area contributed by atoms with Crippen LogP contribution in [0.15, 0.2) is 6.33 Å². The van der Waals surface area contributed by atoms with Gasteiger partial charge in [-0.25, -0.2) is 0 Å². The summed E-state index contributed by atoms with van der Waals surface area (Å²) in [6, 6.07) is 0. The van der Waals surface area contributed by atoms with Gasteiger partial charge in [0.25, 0.3) is 0 Å². The largest absolute Gasteiger partial charge is 0.406 e. The van der Waals surface area contributed by atoms with Crippen LogP contribution in [-0.2, 0) is 7.05 Å². The minimum Gasteiger partial charge on any atom is -0.396 e. The van der Waals surface area contributed by atoms with E-state index in [-0.39, 0.29) is 12.4 Å². The number of aryl methyl sites for hydroxylation is 1. The van der Waals surface area contributed by atoms with Gasteiger partial charge >= 0.3 is 5.82 Å². The summed E-state index contributed by atoms with van der Waals surface area (Å²) in [6.45, 7) is 1.71. The lowest BCUT2D eigenvalue weighted by molar-refractivity contribution is -0.388. The van der Waals surface area contributed by atoms with Crippen molar-refractivity contribution in [1.82, 2.24) is 9.55 Å². The molecule has 1 N–H and O–H groups in total. The van der Waals surface area contributed by atoms with Gasteiger partial charge in [0, 0.05) is 26.7 Å². The Kier molecular flexibility index (Phi) is 3.28. The van der Waals surface area contributed by atoms with Crippen LogP contribution in [0.2, 0.25) is 0 Å². The van der Waals surface area contributed by atoms with Crippen molar-refractivity contribution in [2.45, 2.75) is 12.8 Å². The maximum atomic E-state index is 10.9. The van der Waals surface area contributed by atoms with Crippen molar-refractivity contribution in [3.8, 4) is 0 Å². The van der Waals surface area contributed by atoms with Crippen LogP contribution < -0.4 is 4.90 Å². The Morgan fingerprint density at radius 3 is 3.12 bits per heavy atom. The highest BCUT2D eigenvalue weighted by Gasteiger charge is 2.30. The summed E-state index contributed by atoms with van der Waals surface area (Å²) >= 11 is 0. The summed E-state index contributed by atoms with van der Waals surface area (Å²) in [7, 11) is 1.76. The zero-order chi connectivity index (χ0) is 12.4. The van der Waals surface area contributed by atoms with E-state index in [4.69, 9.17) is 5.11 Å². The van der Waals surface area contributed by atoms with Crippen molar-refractivity contribution in [3.05, 3.63) is 16.4 Å². The molecule has 1 aromatic rings. The van der Waals surface area contributed by atoms with Crippen LogP contribution in [0.1, 0.15) is 12.8 Å². The normalized spacial score (nSPS) is 19.9. The van der Waals surface area contributed by atoms with E-state index in [0.717, 1.165) is 25.9 Å². The molecule has 1 aliphatic rings. The number of anilines is 1. The number of aliphatic hydroxyl groups is 1. The lowest BCUT2D eigenvalue weighted by Crippen LogP contribution is -2.23. The summed E-state index contributed by atoms with van der Waals surface area (Å²) < 4.78 is 1.68. The van der Waals surface area contributed by atoms with Crippen LogP contribution in [0.5, 0.6) is 0 Å². The highest BCUT2D eigenvalue weighted by atomic mass is 16.6. The average Bonchev–Trinajstić information content (AvgIpc) is 2.85. The van der Waals surface area contributed by atoms with Crippen molar-refractivity contribution in [1.29, 1.82) is 0 Å².